The van der Waals surface area contributed by atoms with E-state index in [-0.39, 0.29) is 0 Å². The average Bonchev–Trinajstić information content (AvgIpc) is 2.59. The predicted molar refractivity (Wildman–Crippen MR) is 59.3 cm³/mol. The Bertz CT molecular complexity index is 255. The van der Waals surface area contributed by atoms with Gasteiger partial charge in [0.25, 0.3) is 0 Å². The highest BCUT2D eigenvalue weighted by Crippen LogP contribution is 2.09. The normalized spacial score (nSPS) is 13.1. The Morgan fingerprint density at radius 1 is 1.43 bits per heavy atom. The maximum atomic E-state index is 5.37. The largest absolute Gasteiger partial charge is 0.468 e. The molecule has 2 nitrogen and oxygen atoms in total. The van der Waals surface area contributed by atoms with E-state index in [1.165, 1.54) is 24.8 Å². The van der Waals surface area contributed by atoms with Crippen LogP contribution in [-0.4, -0.2) is 6.04 Å². The highest BCUT2D eigenvalue weighted by atomic mass is 16.3. The van der Waals surface area contributed by atoms with Gasteiger partial charge in [-0.25, -0.2) is 0 Å². The van der Waals surface area contributed by atoms with Crippen LogP contribution in [0.4, 0.5) is 0 Å². The molecule has 0 aliphatic rings. The van der Waals surface area contributed by atoms with E-state index in [0.29, 0.717) is 6.04 Å². The van der Waals surface area contributed by atoms with Gasteiger partial charge in [-0.15, -0.1) is 0 Å². The molecule has 0 spiro atoms. The number of nitrogens with one attached hydrogen (secondary N) is 1. The molecule has 1 aromatic rings. The second-order valence-electron chi connectivity index (χ2n) is 3.80. The maximum absolute atomic E-state index is 5.37. The summed E-state index contributed by atoms with van der Waals surface area (Å²) in [5, 5.41) is 3.52. The van der Waals surface area contributed by atoms with Crippen LogP contribution in [0.15, 0.2) is 16.7 Å². The predicted octanol–water partition coefficient (Wildman–Crippen LogP) is 3.26. The van der Waals surface area contributed by atoms with Gasteiger partial charge in [-0.2, -0.15) is 0 Å². The molecule has 0 amide bonds. The molecular formula is C12H21NO. The van der Waals surface area contributed by atoms with Crippen LogP contribution < -0.4 is 5.32 Å². The first-order valence-corrected chi connectivity index (χ1v) is 5.54. The fourth-order valence-corrected chi connectivity index (χ4v) is 1.62. The highest BCUT2D eigenvalue weighted by Gasteiger charge is 2.06. The second-order valence-corrected chi connectivity index (χ2v) is 3.80. The summed E-state index contributed by atoms with van der Waals surface area (Å²) < 4.78 is 5.37. The number of furan rings is 1. The topological polar surface area (TPSA) is 25.2 Å². The van der Waals surface area contributed by atoms with Crippen molar-refractivity contribution in [3.8, 4) is 0 Å². The van der Waals surface area contributed by atoms with Gasteiger partial charge in [0.05, 0.1) is 12.8 Å². The molecule has 1 aromatic heterocycles. The molecule has 0 bridgehead atoms. The van der Waals surface area contributed by atoms with E-state index in [2.05, 4.69) is 26.1 Å². The van der Waals surface area contributed by atoms with Crippen LogP contribution in [0.5, 0.6) is 0 Å². The van der Waals surface area contributed by atoms with Crippen LogP contribution in [-0.2, 0) is 6.54 Å². The van der Waals surface area contributed by atoms with Crippen molar-refractivity contribution in [1.29, 1.82) is 0 Å². The maximum Gasteiger partial charge on any atom is 0.120 e. The van der Waals surface area contributed by atoms with Crippen LogP contribution in [0.1, 0.15) is 44.4 Å². The second kappa shape index (κ2) is 5.86. The van der Waals surface area contributed by atoms with Crippen molar-refractivity contribution >= 4 is 0 Å². The van der Waals surface area contributed by atoms with E-state index in [1.54, 1.807) is 6.26 Å². The number of hydrogen-bond acceptors (Lipinski definition) is 2. The summed E-state index contributed by atoms with van der Waals surface area (Å²) in [7, 11) is 0. The lowest BCUT2D eigenvalue weighted by Gasteiger charge is -2.15. The van der Waals surface area contributed by atoms with E-state index in [9.17, 15) is 0 Å². The van der Waals surface area contributed by atoms with E-state index < -0.39 is 0 Å². The zero-order valence-corrected chi connectivity index (χ0v) is 9.47. The molecule has 0 aromatic carbocycles. The Labute approximate surface area is 86.7 Å². The standard InChI is InChI=1S/C12H21NO/c1-4-6-11(5-2)13-9-12-10(3)7-8-14-12/h7-8,11,13H,4-6,9H2,1-3H3. The summed E-state index contributed by atoms with van der Waals surface area (Å²) in [6.45, 7) is 7.39. The minimum absolute atomic E-state index is 0.629. The third kappa shape index (κ3) is 3.18. The lowest BCUT2D eigenvalue weighted by Crippen LogP contribution is -2.27. The fourth-order valence-electron chi connectivity index (χ4n) is 1.62. The number of rotatable bonds is 6. The van der Waals surface area contributed by atoms with Crippen molar-refractivity contribution in [3.63, 3.8) is 0 Å². The van der Waals surface area contributed by atoms with Crippen molar-refractivity contribution in [3.05, 3.63) is 23.7 Å². The first-order valence-electron chi connectivity index (χ1n) is 5.54. The molecule has 0 aliphatic heterocycles. The molecule has 0 saturated carbocycles. The van der Waals surface area contributed by atoms with Crippen LogP contribution in [0.25, 0.3) is 0 Å². The molecule has 0 aliphatic carbocycles. The smallest absolute Gasteiger partial charge is 0.120 e. The van der Waals surface area contributed by atoms with Crippen LogP contribution in [0.3, 0.4) is 0 Å². The van der Waals surface area contributed by atoms with E-state index >= 15 is 0 Å². The van der Waals surface area contributed by atoms with Gasteiger partial charge >= 0.3 is 0 Å². The van der Waals surface area contributed by atoms with Gasteiger partial charge in [-0.05, 0) is 31.4 Å². The Morgan fingerprint density at radius 3 is 2.71 bits per heavy atom. The summed E-state index contributed by atoms with van der Waals surface area (Å²) in [5.74, 6) is 1.07. The summed E-state index contributed by atoms with van der Waals surface area (Å²) in [6, 6.07) is 2.64. The molecule has 1 rings (SSSR count). The van der Waals surface area contributed by atoms with Gasteiger partial charge in [0, 0.05) is 6.04 Å². The molecule has 1 atom stereocenters. The molecule has 2 heteroatoms. The number of hydrogen-bond donors (Lipinski definition) is 1. The summed E-state index contributed by atoms with van der Waals surface area (Å²) >= 11 is 0. The zero-order valence-electron chi connectivity index (χ0n) is 9.47. The molecule has 1 unspecified atom stereocenters. The van der Waals surface area contributed by atoms with Gasteiger partial charge < -0.3 is 9.73 Å². The van der Waals surface area contributed by atoms with Gasteiger partial charge in [-0.1, -0.05) is 20.3 Å². The SMILES string of the molecule is CCCC(CC)NCc1occc1C. The number of aryl methyl sites for hydroxylation is 1. The lowest BCUT2D eigenvalue weighted by molar-refractivity contribution is 0.417. The molecule has 14 heavy (non-hydrogen) atoms. The van der Waals surface area contributed by atoms with E-state index in [1.807, 2.05) is 6.07 Å². The van der Waals surface area contributed by atoms with Crippen LogP contribution in [0, 0.1) is 6.92 Å². The first-order chi connectivity index (χ1) is 6.77. The van der Waals surface area contributed by atoms with Gasteiger partial charge in [-0.3, -0.25) is 0 Å². The minimum Gasteiger partial charge on any atom is -0.468 e. The van der Waals surface area contributed by atoms with Gasteiger partial charge in [0.2, 0.25) is 0 Å². The van der Waals surface area contributed by atoms with Crippen molar-refractivity contribution in [1.82, 2.24) is 5.32 Å². The average molecular weight is 195 g/mol. The van der Waals surface area contributed by atoms with Gasteiger partial charge in [0.1, 0.15) is 5.76 Å². The lowest BCUT2D eigenvalue weighted by atomic mass is 10.1. The third-order valence-electron chi connectivity index (χ3n) is 2.65. The van der Waals surface area contributed by atoms with E-state index in [0.717, 1.165) is 12.3 Å². The summed E-state index contributed by atoms with van der Waals surface area (Å²) in [5.41, 5.74) is 1.24. The van der Waals surface area contributed by atoms with E-state index in [4.69, 9.17) is 4.42 Å². The Kier molecular flexibility index (Phi) is 4.74. The fraction of sp³-hybridized carbons (Fsp3) is 0.667. The first kappa shape index (κ1) is 11.3. The van der Waals surface area contributed by atoms with Gasteiger partial charge in [0.15, 0.2) is 0 Å². The molecular weight excluding hydrogens is 174 g/mol. The molecule has 0 saturated heterocycles. The van der Waals surface area contributed by atoms with Crippen molar-refractivity contribution in [2.45, 2.75) is 52.6 Å². The van der Waals surface area contributed by atoms with Crippen LogP contribution in [0.2, 0.25) is 0 Å². The summed E-state index contributed by atoms with van der Waals surface area (Å²) in [4.78, 5) is 0. The highest BCUT2D eigenvalue weighted by molar-refractivity contribution is 5.14. The Balaban J connectivity index is 2.35. The van der Waals surface area contributed by atoms with Crippen molar-refractivity contribution < 1.29 is 4.42 Å². The molecule has 0 radical (unpaired) electrons. The third-order valence-corrected chi connectivity index (χ3v) is 2.65. The monoisotopic (exact) mass is 195 g/mol. The quantitative estimate of drug-likeness (QED) is 0.753. The van der Waals surface area contributed by atoms with Crippen LogP contribution >= 0.6 is 0 Å². The molecule has 1 N–H and O–H groups in total. The molecule has 0 fully saturated rings. The Morgan fingerprint density at radius 2 is 2.21 bits per heavy atom. The zero-order chi connectivity index (χ0) is 10.4. The Hall–Kier alpha value is -0.760. The molecule has 80 valence electrons. The van der Waals surface area contributed by atoms with Crippen molar-refractivity contribution in [2.75, 3.05) is 0 Å². The van der Waals surface area contributed by atoms with Crippen molar-refractivity contribution in [2.24, 2.45) is 0 Å². The molecule has 1 heterocycles. The minimum atomic E-state index is 0.629. The summed E-state index contributed by atoms with van der Waals surface area (Å²) in [6.07, 6.45) is 5.43.